The molecule has 3 amide bonds. The van der Waals surface area contributed by atoms with Crippen molar-refractivity contribution in [2.75, 3.05) is 6.54 Å². The predicted molar refractivity (Wildman–Crippen MR) is 113 cm³/mol. The molecule has 1 aromatic carbocycles. The third kappa shape index (κ3) is 3.89. The average molecular weight is 440 g/mol. The zero-order valence-electron chi connectivity index (χ0n) is 15.9. The monoisotopic (exact) mass is 439 g/mol. The number of amides is 3. The molecule has 3 atom stereocenters. The predicted octanol–water partition coefficient (Wildman–Crippen LogP) is 3.18. The van der Waals surface area contributed by atoms with Crippen LogP contribution in [-0.4, -0.2) is 35.2 Å². The molecule has 1 aliphatic heterocycles. The van der Waals surface area contributed by atoms with Crippen molar-refractivity contribution in [2.45, 2.75) is 18.9 Å². The van der Waals surface area contributed by atoms with Crippen LogP contribution in [-0.2, 0) is 16.0 Å². The summed E-state index contributed by atoms with van der Waals surface area (Å²) < 4.78 is 0.510. The number of fused-ring (bicyclic) bond motifs is 1. The molecule has 0 radical (unpaired) electrons. The lowest BCUT2D eigenvalue weighted by Crippen LogP contribution is -2.45. The Bertz CT molecular complexity index is 1090. The number of benzene rings is 1. The summed E-state index contributed by atoms with van der Waals surface area (Å²) in [6.07, 6.45) is 4.59. The molecule has 30 heavy (non-hydrogen) atoms. The zero-order chi connectivity index (χ0) is 21.3. The maximum Gasteiger partial charge on any atom is 0.261 e. The molecule has 0 saturated carbocycles. The van der Waals surface area contributed by atoms with Crippen molar-refractivity contribution in [3.63, 3.8) is 0 Å². The topological polar surface area (TPSA) is 90.3 Å². The third-order valence-electron chi connectivity index (χ3n) is 5.46. The summed E-state index contributed by atoms with van der Waals surface area (Å²) in [4.78, 5) is 40.2. The normalized spacial score (nSPS) is 22.7. The van der Waals surface area contributed by atoms with Gasteiger partial charge in [0.1, 0.15) is 0 Å². The third-order valence-corrected chi connectivity index (χ3v) is 6.69. The fourth-order valence-electron chi connectivity index (χ4n) is 4.01. The number of nitrogens with one attached hydrogen (secondary N) is 1. The molecule has 6 nitrogen and oxygen atoms in total. The van der Waals surface area contributed by atoms with Gasteiger partial charge in [-0.3, -0.25) is 19.3 Å². The van der Waals surface area contributed by atoms with Crippen molar-refractivity contribution in [1.82, 2.24) is 10.2 Å². The number of hydrogen-bond acceptors (Lipinski definition) is 5. The van der Waals surface area contributed by atoms with Gasteiger partial charge in [0.2, 0.25) is 11.8 Å². The van der Waals surface area contributed by atoms with Gasteiger partial charge in [-0.25, -0.2) is 0 Å². The molecule has 0 spiro atoms. The van der Waals surface area contributed by atoms with Crippen LogP contribution in [0.4, 0.5) is 0 Å². The van der Waals surface area contributed by atoms with Crippen LogP contribution < -0.4 is 5.32 Å². The molecule has 8 heteroatoms. The number of allylic oxidation sites excluding steroid dienone is 1. The lowest BCUT2D eigenvalue weighted by Gasteiger charge is -2.26. The van der Waals surface area contributed by atoms with Crippen molar-refractivity contribution in [3.05, 3.63) is 68.9 Å². The van der Waals surface area contributed by atoms with E-state index >= 15 is 0 Å². The Morgan fingerprint density at radius 2 is 2.10 bits per heavy atom. The molecule has 1 aromatic heterocycles. The average Bonchev–Trinajstić information content (AvgIpc) is 3.29. The van der Waals surface area contributed by atoms with Crippen molar-refractivity contribution < 1.29 is 14.4 Å². The Hall–Kier alpha value is -2.95. The standard InChI is InChI=1S/C22H18ClN3O3S/c23-18-8-7-17(30-18)20(27)25-16-6-2-5-15-19(16)22(29)26(21(15)28)10-9-13-3-1-4-14(11-13)12-24/h1-4,6-8,11,15-16,19H,5,9-10H2,(H,25,27). The van der Waals surface area contributed by atoms with E-state index in [0.717, 1.165) is 16.9 Å². The van der Waals surface area contributed by atoms with Gasteiger partial charge >= 0.3 is 0 Å². The summed E-state index contributed by atoms with van der Waals surface area (Å²) in [5, 5.41) is 11.9. The van der Waals surface area contributed by atoms with Crippen molar-refractivity contribution in [3.8, 4) is 6.07 Å². The van der Waals surface area contributed by atoms with Crippen LogP contribution in [0.3, 0.4) is 0 Å². The van der Waals surface area contributed by atoms with Crippen LogP contribution >= 0.6 is 22.9 Å². The Morgan fingerprint density at radius 1 is 1.27 bits per heavy atom. The molecular weight excluding hydrogens is 422 g/mol. The van der Waals surface area contributed by atoms with E-state index in [1.807, 2.05) is 12.1 Å². The van der Waals surface area contributed by atoms with Crippen LogP contribution in [0.25, 0.3) is 0 Å². The molecule has 1 saturated heterocycles. The number of imide groups is 1. The van der Waals surface area contributed by atoms with Gasteiger partial charge in [0.25, 0.3) is 5.91 Å². The molecule has 0 bridgehead atoms. The first kappa shape index (κ1) is 20.3. The first-order valence-corrected chi connectivity index (χ1v) is 10.7. The van der Waals surface area contributed by atoms with Crippen LogP contribution in [0.5, 0.6) is 0 Å². The summed E-state index contributed by atoms with van der Waals surface area (Å²) >= 11 is 7.07. The largest absolute Gasteiger partial charge is 0.344 e. The first-order chi connectivity index (χ1) is 14.5. The summed E-state index contributed by atoms with van der Waals surface area (Å²) in [5.41, 5.74) is 1.43. The van der Waals surface area contributed by atoms with Gasteiger partial charge in [-0.05, 0) is 42.7 Å². The molecule has 2 heterocycles. The van der Waals surface area contributed by atoms with E-state index in [1.54, 1.807) is 36.4 Å². The second-order valence-electron chi connectivity index (χ2n) is 7.29. The molecule has 3 unspecified atom stereocenters. The quantitative estimate of drug-likeness (QED) is 0.572. The molecule has 2 aliphatic rings. The molecule has 1 fully saturated rings. The summed E-state index contributed by atoms with van der Waals surface area (Å²) in [5.74, 6) is -1.85. The summed E-state index contributed by atoms with van der Waals surface area (Å²) in [6.45, 7) is 0.251. The van der Waals surface area contributed by atoms with E-state index < -0.39 is 17.9 Å². The fourth-order valence-corrected chi connectivity index (χ4v) is 4.96. The Balaban J connectivity index is 1.47. The lowest BCUT2D eigenvalue weighted by atomic mass is 9.81. The highest BCUT2D eigenvalue weighted by atomic mass is 35.5. The molecule has 2 aromatic rings. The SMILES string of the molecule is N#Cc1cccc(CCN2C(=O)C3CC=CC(NC(=O)c4ccc(Cl)s4)C3C2=O)c1. The number of thiophene rings is 1. The fraction of sp³-hybridized carbons (Fsp3) is 0.273. The number of hydrogen-bond donors (Lipinski definition) is 1. The zero-order valence-corrected chi connectivity index (χ0v) is 17.4. The van der Waals surface area contributed by atoms with E-state index in [9.17, 15) is 14.4 Å². The lowest BCUT2D eigenvalue weighted by molar-refractivity contribution is -0.139. The van der Waals surface area contributed by atoms with Gasteiger partial charge in [-0.2, -0.15) is 5.26 Å². The van der Waals surface area contributed by atoms with Gasteiger partial charge in [0, 0.05) is 6.54 Å². The van der Waals surface area contributed by atoms with Gasteiger partial charge < -0.3 is 5.32 Å². The smallest absolute Gasteiger partial charge is 0.261 e. The number of nitriles is 1. The first-order valence-electron chi connectivity index (χ1n) is 9.55. The Kier molecular flexibility index (Phi) is 5.71. The van der Waals surface area contributed by atoms with Crippen molar-refractivity contribution in [2.24, 2.45) is 11.8 Å². The second kappa shape index (κ2) is 8.42. The maximum atomic E-state index is 13.1. The molecule has 4 rings (SSSR count). The number of nitrogens with zero attached hydrogens (tertiary/aromatic N) is 2. The minimum Gasteiger partial charge on any atom is -0.344 e. The van der Waals surface area contributed by atoms with Crippen molar-refractivity contribution >= 4 is 40.7 Å². The minimum absolute atomic E-state index is 0.204. The maximum absolute atomic E-state index is 13.1. The van der Waals surface area contributed by atoms with Gasteiger partial charge in [-0.15, -0.1) is 11.3 Å². The number of rotatable bonds is 5. The molecule has 1 N–H and O–H groups in total. The number of likely N-dealkylation sites (tertiary alicyclic amines) is 1. The van der Waals surface area contributed by atoms with E-state index in [2.05, 4.69) is 11.4 Å². The van der Waals surface area contributed by atoms with E-state index in [4.69, 9.17) is 16.9 Å². The molecule has 1 aliphatic carbocycles. The number of carbonyl (C=O) groups is 3. The van der Waals surface area contributed by atoms with Crippen LogP contribution in [0.15, 0.2) is 48.6 Å². The number of halogens is 1. The van der Waals surface area contributed by atoms with Crippen LogP contribution in [0, 0.1) is 23.2 Å². The van der Waals surface area contributed by atoms with Gasteiger partial charge in [-0.1, -0.05) is 35.9 Å². The van der Waals surface area contributed by atoms with E-state index in [0.29, 0.717) is 27.6 Å². The Labute approximate surface area is 182 Å². The van der Waals surface area contributed by atoms with E-state index in [1.165, 1.54) is 4.90 Å². The summed E-state index contributed by atoms with van der Waals surface area (Å²) in [6, 6.07) is 12.0. The summed E-state index contributed by atoms with van der Waals surface area (Å²) in [7, 11) is 0. The highest BCUT2D eigenvalue weighted by molar-refractivity contribution is 7.18. The molecule has 152 valence electrons. The van der Waals surface area contributed by atoms with Crippen molar-refractivity contribution in [1.29, 1.82) is 5.26 Å². The van der Waals surface area contributed by atoms with E-state index in [-0.39, 0.29) is 24.3 Å². The Morgan fingerprint density at radius 3 is 2.83 bits per heavy atom. The molecular formula is C22H18ClN3O3S. The van der Waals surface area contributed by atoms with Gasteiger partial charge in [0.05, 0.1) is 38.7 Å². The highest BCUT2D eigenvalue weighted by Gasteiger charge is 2.51. The number of carbonyl (C=O) groups excluding carboxylic acids is 3. The second-order valence-corrected chi connectivity index (χ2v) is 9.00. The van der Waals surface area contributed by atoms with Crippen LogP contribution in [0.2, 0.25) is 4.34 Å². The van der Waals surface area contributed by atoms with Gasteiger partial charge in [0.15, 0.2) is 0 Å². The minimum atomic E-state index is -0.604. The van der Waals surface area contributed by atoms with Crippen LogP contribution in [0.1, 0.15) is 27.2 Å². The highest BCUT2D eigenvalue weighted by Crippen LogP contribution is 2.36.